The van der Waals surface area contributed by atoms with Gasteiger partial charge < -0.3 is 4.42 Å². The number of carbonyl (C=O) groups is 1. The summed E-state index contributed by atoms with van der Waals surface area (Å²) in [4.78, 5) is 11.1. The molecule has 0 atom stereocenters. The first-order valence-electron chi connectivity index (χ1n) is 6.39. The minimum atomic E-state index is -0.00876. The quantitative estimate of drug-likeness (QED) is 0.565. The molecule has 0 bridgehead atoms. The molecule has 1 aromatic heterocycles. The van der Waals surface area contributed by atoms with Gasteiger partial charge in [0.1, 0.15) is 5.76 Å². The summed E-state index contributed by atoms with van der Waals surface area (Å²) < 4.78 is 5.45. The fourth-order valence-corrected chi connectivity index (χ4v) is 1.97. The van der Waals surface area contributed by atoms with Crippen LogP contribution in [0.3, 0.4) is 0 Å². The van der Waals surface area contributed by atoms with Crippen molar-refractivity contribution < 1.29 is 9.21 Å². The van der Waals surface area contributed by atoms with E-state index in [1.807, 2.05) is 12.1 Å². The molecule has 0 amide bonds. The van der Waals surface area contributed by atoms with E-state index >= 15 is 0 Å². The summed E-state index contributed by atoms with van der Waals surface area (Å²) in [6.45, 7) is 1.53. The summed E-state index contributed by atoms with van der Waals surface area (Å²) in [5.74, 6) is 1.37. The van der Waals surface area contributed by atoms with Crippen LogP contribution in [0.1, 0.15) is 41.6 Å². The maximum absolute atomic E-state index is 11.1. The molecule has 0 radical (unpaired) electrons. The zero-order valence-corrected chi connectivity index (χ0v) is 10.7. The maximum atomic E-state index is 11.1. The minimum absolute atomic E-state index is 0.00876. The Labute approximate surface area is 108 Å². The Morgan fingerprint density at radius 1 is 1.00 bits per heavy atom. The topological polar surface area (TPSA) is 30.2 Å². The van der Waals surface area contributed by atoms with E-state index in [1.165, 1.54) is 12.5 Å². The molecule has 2 nitrogen and oxygen atoms in total. The lowest BCUT2D eigenvalue weighted by Crippen LogP contribution is -1.89. The molecule has 0 unspecified atom stereocenters. The summed E-state index contributed by atoms with van der Waals surface area (Å²) in [5.41, 5.74) is 1.38. The van der Waals surface area contributed by atoms with Gasteiger partial charge in [-0.25, -0.2) is 0 Å². The van der Waals surface area contributed by atoms with E-state index in [2.05, 4.69) is 24.3 Å². The molecule has 0 saturated carbocycles. The van der Waals surface area contributed by atoms with E-state index in [0.717, 1.165) is 31.4 Å². The minimum Gasteiger partial charge on any atom is -0.458 e. The van der Waals surface area contributed by atoms with Crippen LogP contribution in [0.2, 0.25) is 0 Å². The normalized spacial score (nSPS) is 10.5. The lowest BCUT2D eigenvalue weighted by molar-refractivity contribution is 0.0985. The van der Waals surface area contributed by atoms with Gasteiger partial charge in [-0.3, -0.25) is 4.79 Å². The molecule has 18 heavy (non-hydrogen) atoms. The van der Waals surface area contributed by atoms with Gasteiger partial charge in [0.15, 0.2) is 11.5 Å². The first kappa shape index (κ1) is 12.6. The van der Waals surface area contributed by atoms with E-state index < -0.39 is 0 Å². The van der Waals surface area contributed by atoms with Crippen molar-refractivity contribution in [1.82, 2.24) is 0 Å². The van der Waals surface area contributed by atoms with Crippen molar-refractivity contribution in [2.75, 3.05) is 0 Å². The van der Waals surface area contributed by atoms with E-state index in [1.54, 1.807) is 6.07 Å². The highest BCUT2D eigenvalue weighted by molar-refractivity contribution is 5.91. The molecule has 0 aliphatic rings. The van der Waals surface area contributed by atoms with Crippen LogP contribution in [0.25, 0.3) is 0 Å². The fraction of sp³-hybridized carbons (Fsp3) is 0.312. The van der Waals surface area contributed by atoms with Gasteiger partial charge in [-0.2, -0.15) is 0 Å². The standard InChI is InChI=1S/C16H18O2/c1-13(17)16-12-11-15(18-16)10-6-5-9-14-7-3-2-4-8-14/h2-4,7-8,11-12H,5-6,9-10H2,1H3. The van der Waals surface area contributed by atoms with Crippen LogP contribution in [-0.4, -0.2) is 5.78 Å². The monoisotopic (exact) mass is 242 g/mol. The highest BCUT2D eigenvalue weighted by Gasteiger charge is 2.05. The van der Waals surface area contributed by atoms with Gasteiger partial charge in [-0.15, -0.1) is 0 Å². The molecule has 0 aliphatic carbocycles. The Balaban J connectivity index is 1.73. The maximum Gasteiger partial charge on any atom is 0.194 e. The Kier molecular flexibility index (Phi) is 4.35. The van der Waals surface area contributed by atoms with E-state index in [9.17, 15) is 4.79 Å². The molecule has 0 fully saturated rings. The predicted octanol–water partition coefficient (Wildman–Crippen LogP) is 4.05. The van der Waals surface area contributed by atoms with Crippen LogP contribution in [-0.2, 0) is 12.8 Å². The molecule has 2 rings (SSSR count). The second-order valence-electron chi connectivity index (χ2n) is 4.51. The van der Waals surface area contributed by atoms with Gasteiger partial charge in [0.2, 0.25) is 0 Å². The Hall–Kier alpha value is -1.83. The molecule has 0 aliphatic heterocycles. The zero-order chi connectivity index (χ0) is 12.8. The summed E-state index contributed by atoms with van der Waals surface area (Å²) in [5, 5.41) is 0. The van der Waals surface area contributed by atoms with Crippen LogP contribution in [0.15, 0.2) is 46.9 Å². The fourth-order valence-electron chi connectivity index (χ4n) is 1.97. The largest absolute Gasteiger partial charge is 0.458 e. The molecule has 94 valence electrons. The molecule has 2 aromatic rings. The van der Waals surface area contributed by atoms with Crippen molar-refractivity contribution in [1.29, 1.82) is 0 Å². The van der Waals surface area contributed by atoms with Gasteiger partial charge in [-0.1, -0.05) is 30.3 Å². The molecule has 2 heteroatoms. The first-order valence-corrected chi connectivity index (χ1v) is 6.39. The van der Waals surface area contributed by atoms with Gasteiger partial charge >= 0.3 is 0 Å². The number of benzene rings is 1. The molecule has 0 spiro atoms. The van der Waals surface area contributed by atoms with Gasteiger partial charge in [0.05, 0.1) is 0 Å². The second-order valence-corrected chi connectivity index (χ2v) is 4.51. The summed E-state index contributed by atoms with van der Waals surface area (Å²) in [6.07, 6.45) is 4.22. The van der Waals surface area contributed by atoms with E-state index in [4.69, 9.17) is 4.42 Å². The third-order valence-electron chi connectivity index (χ3n) is 2.99. The average Bonchev–Trinajstić information content (AvgIpc) is 2.85. The molecule has 0 saturated heterocycles. The third kappa shape index (κ3) is 3.59. The number of ketones is 1. The summed E-state index contributed by atoms with van der Waals surface area (Å²) in [6, 6.07) is 14.1. The Morgan fingerprint density at radius 2 is 1.72 bits per heavy atom. The number of hydrogen-bond acceptors (Lipinski definition) is 2. The lowest BCUT2D eigenvalue weighted by atomic mass is 10.1. The number of rotatable bonds is 6. The van der Waals surface area contributed by atoms with Crippen molar-refractivity contribution in [3.8, 4) is 0 Å². The van der Waals surface area contributed by atoms with Gasteiger partial charge in [0, 0.05) is 13.3 Å². The van der Waals surface area contributed by atoms with Crippen LogP contribution in [0, 0.1) is 0 Å². The molecule has 1 aromatic carbocycles. The molecule has 0 N–H and O–H groups in total. The summed E-state index contributed by atoms with van der Waals surface area (Å²) in [7, 11) is 0. The van der Waals surface area contributed by atoms with Crippen molar-refractivity contribution in [3.63, 3.8) is 0 Å². The first-order chi connectivity index (χ1) is 8.75. The Morgan fingerprint density at radius 3 is 2.39 bits per heavy atom. The van der Waals surface area contributed by atoms with E-state index in [0.29, 0.717) is 5.76 Å². The number of hydrogen-bond donors (Lipinski definition) is 0. The lowest BCUT2D eigenvalue weighted by Gasteiger charge is -2.00. The van der Waals surface area contributed by atoms with Crippen LogP contribution in [0.4, 0.5) is 0 Å². The smallest absolute Gasteiger partial charge is 0.194 e. The SMILES string of the molecule is CC(=O)c1ccc(CCCCc2ccccc2)o1. The number of aryl methyl sites for hydroxylation is 2. The highest BCUT2D eigenvalue weighted by atomic mass is 16.3. The second kappa shape index (κ2) is 6.20. The number of unbranched alkanes of at least 4 members (excludes halogenated alkanes) is 1. The highest BCUT2D eigenvalue weighted by Crippen LogP contribution is 2.13. The summed E-state index contributed by atoms with van der Waals surface area (Å²) >= 11 is 0. The average molecular weight is 242 g/mol. The molecule has 1 heterocycles. The van der Waals surface area contributed by atoms with Crippen LogP contribution in [0.5, 0.6) is 0 Å². The van der Waals surface area contributed by atoms with Crippen LogP contribution >= 0.6 is 0 Å². The van der Waals surface area contributed by atoms with Crippen molar-refractivity contribution >= 4 is 5.78 Å². The number of carbonyl (C=O) groups excluding carboxylic acids is 1. The van der Waals surface area contributed by atoms with Crippen molar-refractivity contribution in [3.05, 3.63) is 59.5 Å². The van der Waals surface area contributed by atoms with Crippen molar-refractivity contribution in [2.45, 2.75) is 32.6 Å². The Bertz CT molecular complexity index is 497. The van der Waals surface area contributed by atoms with Crippen LogP contribution < -0.4 is 0 Å². The van der Waals surface area contributed by atoms with Gasteiger partial charge in [0.25, 0.3) is 0 Å². The van der Waals surface area contributed by atoms with Gasteiger partial charge in [-0.05, 0) is 37.0 Å². The zero-order valence-electron chi connectivity index (χ0n) is 10.7. The third-order valence-corrected chi connectivity index (χ3v) is 2.99. The molecular weight excluding hydrogens is 224 g/mol. The van der Waals surface area contributed by atoms with Crippen molar-refractivity contribution in [2.24, 2.45) is 0 Å². The molecular formula is C16H18O2. The van der Waals surface area contributed by atoms with E-state index in [-0.39, 0.29) is 5.78 Å². The number of Topliss-reactive ketones (excluding diaryl/α,β-unsaturated/α-hetero) is 1. The predicted molar refractivity (Wildman–Crippen MR) is 71.8 cm³/mol. The number of furan rings is 1.